The van der Waals surface area contributed by atoms with Gasteiger partial charge in [-0.15, -0.1) is 0 Å². The molecule has 2 aromatic rings. The van der Waals surface area contributed by atoms with Crippen LogP contribution in [0, 0.1) is 26.7 Å². The Hall–Kier alpha value is -2.63. The third-order valence-corrected chi connectivity index (χ3v) is 5.24. The predicted molar refractivity (Wildman–Crippen MR) is 107 cm³/mol. The van der Waals surface area contributed by atoms with Crippen molar-refractivity contribution in [3.8, 4) is 0 Å². The van der Waals surface area contributed by atoms with Gasteiger partial charge in [-0.25, -0.2) is 4.79 Å². The lowest BCUT2D eigenvalue weighted by atomic mass is 10.1. The van der Waals surface area contributed by atoms with Gasteiger partial charge in [0.2, 0.25) is 5.91 Å². The Morgan fingerprint density at radius 1 is 1.26 bits per heavy atom. The predicted octanol–water partition coefficient (Wildman–Crippen LogP) is 2.20. The molecule has 1 fully saturated rings. The van der Waals surface area contributed by atoms with Gasteiger partial charge in [0, 0.05) is 49.7 Å². The molecule has 1 aromatic heterocycles. The zero-order valence-corrected chi connectivity index (χ0v) is 16.4. The van der Waals surface area contributed by atoms with Gasteiger partial charge in [-0.2, -0.15) is 4.98 Å². The van der Waals surface area contributed by atoms with Gasteiger partial charge in [0.15, 0.2) is 0 Å². The van der Waals surface area contributed by atoms with E-state index >= 15 is 0 Å². The zero-order valence-electron chi connectivity index (χ0n) is 16.4. The minimum Gasteiger partial charge on any atom is -0.371 e. The number of amides is 1. The van der Waals surface area contributed by atoms with E-state index in [1.807, 2.05) is 13.0 Å². The number of anilines is 1. The van der Waals surface area contributed by atoms with Gasteiger partial charge in [-0.3, -0.25) is 9.36 Å². The summed E-state index contributed by atoms with van der Waals surface area (Å²) in [4.78, 5) is 30.5. The fourth-order valence-corrected chi connectivity index (χ4v) is 3.74. The normalized spacial score (nSPS) is 16.6. The van der Waals surface area contributed by atoms with Crippen LogP contribution in [-0.4, -0.2) is 35.1 Å². The Kier molecular flexibility index (Phi) is 5.94. The van der Waals surface area contributed by atoms with Gasteiger partial charge in [0.05, 0.1) is 0 Å². The molecule has 1 aliphatic heterocycles. The summed E-state index contributed by atoms with van der Waals surface area (Å²) in [5.74, 6) is 0.440. The highest BCUT2D eigenvalue weighted by Crippen LogP contribution is 2.26. The number of nitrogens with one attached hydrogen (secondary N) is 1. The van der Waals surface area contributed by atoms with Crippen molar-refractivity contribution in [2.75, 3.05) is 24.5 Å². The van der Waals surface area contributed by atoms with Crippen molar-refractivity contribution in [2.45, 2.75) is 40.2 Å². The third kappa shape index (κ3) is 4.76. The maximum atomic E-state index is 12.2. The lowest BCUT2D eigenvalue weighted by Crippen LogP contribution is -2.33. The number of hydrogen-bond acceptors (Lipinski definition) is 4. The average Bonchev–Trinajstić information content (AvgIpc) is 3.08. The zero-order chi connectivity index (χ0) is 19.4. The van der Waals surface area contributed by atoms with Crippen molar-refractivity contribution in [3.05, 3.63) is 57.8 Å². The van der Waals surface area contributed by atoms with Gasteiger partial charge in [0.1, 0.15) is 0 Å². The number of aryl methyl sites for hydroxylation is 3. The largest absolute Gasteiger partial charge is 0.371 e. The maximum Gasteiger partial charge on any atom is 0.347 e. The SMILES string of the molecule is Cc1cc(C)n(CCC(=O)NC[C@@H]2CCN(c3ccccc3C)C2)c(=O)n1. The minimum absolute atomic E-state index is 0.0174. The topological polar surface area (TPSA) is 67.2 Å². The molecule has 27 heavy (non-hydrogen) atoms. The summed E-state index contributed by atoms with van der Waals surface area (Å²) in [5.41, 5.74) is 3.83. The highest BCUT2D eigenvalue weighted by molar-refractivity contribution is 5.75. The molecule has 3 rings (SSSR count). The van der Waals surface area contributed by atoms with Crippen LogP contribution in [-0.2, 0) is 11.3 Å². The van der Waals surface area contributed by atoms with E-state index in [1.54, 1.807) is 11.5 Å². The monoisotopic (exact) mass is 368 g/mol. The number of carbonyl (C=O) groups excluding carboxylic acids is 1. The Balaban J connectivity index is 1.46. The average molecular weight is 368 g/mol. The van der Waals surface area contributed by atoms with E-state index in [2.05, 4.69) is 46.4 Å². The lowest BCUT2D eigenvalue weighted by molar-refractivity contribution is -0.121. The van der Waals surface area contributed by atoms with E-state index in [0.717, 1.165) is 25.2 Å². The van der Waals surface area contributed by atoms with Gasteiger partial charge >= 0.3 is 5.69 Å². The molecule has 0 aliphatic carbocycles. The Morgan fingerprint density at radius 2 is 2.04 bits per heavy atom. The summed E-state index contributed by atoms with van der Waals surface area (Å²) in [7, 11) is 0. The van der Waals surface area contributed by atoms with Crippen molar-refractivity contribution in [1.29, 1.82) is 0 Å². The smallest absolute Gasteiger partial charge is 0.347 e. The van der Waals surface area contributed by atoms with Gasteiger partial charge in [0.25, 0.3) is 0 Å². The van der Waals surface area contributed by atoms with Crippen LogP contribution in [0.15, 0.2) is 35.1 Å². The van der Waals surface area contributed by atoms with Crippen LogP contribution < -0.4 is 15.9 Å². The minimum atomic E-state index is -0.287. The van der Waals surface area contributed by atoms with E-state index in [9.17, 15) is 9.59 Å². The Labute approximate surface area is 160 Å². The van der Waals surface area contributed by atoms with Crippen LogP contribution in [0.5, 0.6) is 0 Å². The highest BCUT2D eigenvalue weighted by Gasteiger charge is 2.23. The van der Waals surface area contributed by atoms with Crippen molar-refractivity contribution in [3.63, 3.8) is 0 Å². The molecule has 1 aliphatic rings. The van der Waals surface area contributed by atoms with E-state index in [0.29, 0.717) is 31.1 Å². The number of hydrogen-bond donors (Lipinski definition) is 1. The van der Waals surface area contributed by atoms with Crippen molar-refractivity contribution in [1.82, 2.24) is 14.9 Å². The third-order valence-electron chi connectivity index (χ3n) is 5.24. The van der Waals surface area contributed by atoms with Crippen LogP contribution in [0.4, 0.5) is 5.69 Å². The molecular formula is C21H28N4O2. The molecule has 1 saturated heterocycles. The molecule has 1 amide bonds. The molecule has 6 heteroatoms. The summed E-state index contributed by atoms with van der Waals surface area (Å²) in [5, 5.41) is 3.03. The molecular weight excluding hydrogens is 340 g/mol. The number of rotatable bonds is 6. The molecule has 144 valence electrons. The first-order valence-corrected chi connectivity index (χ1v) is 9.56. The van der Waals surface area contributed by atoms with Crippen molar-refractivity contribution in [2.24, 2.45) is 5.92 Å². The second-order valence-corrected chi connectivity index (χ2v) is 7.41. The quantitative estimate of drug-likeness (QED) is 0.849. The molecule has 0 spiro atoms. The molecule has 1 aromatic carbocycles. The number of carbonyl (C=O) groups is 1. The lowest BCUT2D eigenvalue weighted by Gasteiger charge is -2.21. The summed E-state index contributed by atoms with van der Waals surface area (Å²) in [6, 6.07) is 10.3. The first kappa shape index (κ1) is 19.1. The first-order valence-electron chi connectivity index (χ1n) is 9.56. The first-order chi connectivity index (χ1) is 12.9. The van der Waals surface area contributed by atoms with Gasteiger partial charge < -0.3 is 10.2 Å². The summed E-state index contributed by atoms with van der Waals surface area (Å²) >= 11 is 0. The molecule has 6 nitrogen and oxygen atoms in total. The molecule has 0 radical (unpaired) electrons. The van der Waals surface area contributed by atoms with E-state index in [-0.39, 0.29) is 11.6 Å². The molecule has 0 saturated carbocycles. The standard InChI is InChI=1S/C21H28N4O2/c1-15-6-4-5-7-19(15)24-10-8-18(14-24)13-22-20(26)9-11-25-17(3)12-16(2)23-21(25)27/h4-7,12,18H,8-11,13-14H2,1-3H3,(H,22,26)/t18-/m0/s1. The van der Waals surface area contributed by atoms with E-state index in [1.165, 1.54) is 11.3 Å². The fourth-order valence-electron chi connectivity index (χ4n) is 3.74. The summed E-state index contributed by atoms with van der Waals surface area (Å²) in [6.07, 6.45) is 1.37. The van der Waals surface area contributed by atoms with E-state index in [4.69, 9.17) is 0 Å². The van der Waals surface area contributed by atoms with Crippen molar-refractivity contribution < 1.29 is 4.79 Å². The molecule has 0 unspecified atom stereocenters. The van der Waals surface area contributed by atoms with Crippen molar-refractivity contribution >= 4 is 11.6 Å². The Morgan fingerprint density at radius 3 is 2.78 bits per heavy atom. The molecule has 1 N–H and O–H groups in total. The highest BCUT2D eigenvalue weighted by atomic mass is 16.2. The van der Waals surface area contributed by atoms with Crippen LogP contribution >= 0.6 is 0 Å². The van der Waals surface area contributed by atoms with Crippen LogP contribution in [0.2, 0.25) is 0 Å². The number of nitrogens with zero attached hydrogens (tertiary/aromatic N) is 3. The number of aromatic nitrogens is 2. The van der Waals surface area contributed by atoms with Gasteiger partial charge in [-0.1, -0.05) is 18.2 Å². The van der Waals surface area contributed by atoms with Crippen LogP contribution in [0.25, 0.3) is 0 Å². The number of benzene rings is 1. The fraction of sp³-hybridized carbons (Fsp3) is 0.476. The molecule has 1 atom stereocenters. The van der Waals surface area contributed by atoms with Crippen LogP contribution in [0.1, 0.15) is 29.8 Å². The van der Waals surface area contributed by atoms with Crippen LogP contribution in [0.3, 0.4) is 0 Å². The molecule has 0 bridgehead atoms. The van der Waals surface area contributed by atoms with E-state index < -0.39 is 0 Å². The van der Waals surface area contributed by atoms with Gasteiger partial charge in [-0.05, 0) is 50.8 Å². The molecule has 2 heterocycles. The Bertz CT molecular complexity index is 875. The maximum absolute atomic E-state index is 12.2. The summed E-state index contributed by atoms with van der Waals surface area (Å²) in [6.45, 7) is 8.83. The summed E-state index contributed by atoms with van der Waals surface area (Å²) < 4.78 is 1.56. The number of para-hydroxylation sites is 1. The second kappa shape index (κ2) is 8.37. The second-order valence-electron chi connectivity index (χ2n) is 7.41.